The third-order valence-electron chi connectivity index (χ3n) is 6.88. The monoisotopic (exact) mass is 511 g/mol. The van der Waals surface area contributed by atoms with E-state index in [2.05, 4.69) is 42.7 Å². The van der Waals surface area contributed by atoms with Crippen molar-refractivity contribution in [2.45, 2.75) is 45.1 Å². The van der Waals surface area contributed by atoms with Crippen LogP contribution in [0.2, 0.25) is 0 Å². The summed E-state index contributed by atoms with van der Waals surface area (Å²) in [6.07, 6.45) is 5.40. The van der Waals surface area contributed by atoms with E-state index >= 15 is 0 Å². The van der Waals surface area contributed by atoms with E-state index in [1.165, 1.54) is 0 Å². The molecule has 1 saturated carbocycles. The van der Waals surface area contributed by atoms with Gasteiger partial charge in [0.25, 0.3) is 0 Å². The molecule has 9 nitrogen and oxygen atoms in total. The number of benzene rings is 1. The Bertz CT molecular complexity index is 1270. The molecule has 2 amide bonds. The first kappa shape index (κ1) is 21.8. The Balaban J connectivity index is 1.45. The summed E-state index contributed by atoms with van der Waals surface area (Å²) in [6.45, 7) is 2.00. The van der Waals surface area contributed by atoms with Crippen LogP contribution in [0.15, 0.2) is 29.0 Å². The minimum Gasteiger partial charge on any atom is -0.359 e. The van der Waals surface area contributed by atoms with E-state index < -0.39 is 0 Å². The van der Waals surface area contributed by atoms with Gasteiger partial charge in [0.05, 0.1) is 11.1 Å². The van der Waals surface area contributed by atoms with Crippen LogP contribution >= 0.6 is 15.9 Å². The number of fused-ring (bicyclic) bond motifs is 2. The molecular weight excluding hydrogens is 486 g/mol. The highest BCUT2D eigenvalue weighted by molar-refractivity contribution is 9.10. The molecule has 0 saturated heterocycles. The van der Waals surface area contributed by atoms with E-state index in [9.17, 15) is 9.59 Å². The van der Waals surface area contributed by atoms with E-state index in [1.807, 2.05) is 26.1 Å². The van der Waals surface area contributed by atoms with Crippen molar-refractivity contribution < 1.29 is 9.59 Å². The van der Waals surface area contributed by atoms with Gasteiger partial charge < -0.3 is 15.5 Å². The highest BCUT2D eigenvalue weighted by Crippen LogP contribution is 2.39. The molecule has 0 radical (unpaired) electrons. The zero-order valence-electron chi connectivity index (χ0n) is 18.9. The van der Waals surface area contributed by atoms with E-state index in [0.29, 0.717) is 29.0 Å². The average Bonchev–Trinajstić information content (AvgIpc) is 3.36. The topological polar surface area (TPSA) is 105 Å². The number of nitrogens with one attached hydrogen (secondary N) is 2. The summed E-state index contributed by atoms with van der Waals surface area (Å²) in [4.78, 5) is 35.2. The van der Waals surface area contributed by atoms with Gasteiger partial charge in [-0.2, -0.15) is 10.1 Å². The van der Waals surface area contributed by atoms with Gasteiger partial charge in [-0.3, -0.25) is 9.59 Å². The SMILES string of the molecule is CNC(=O)[C@]1(C)CC[C@@H](Nc2ncc3c(Br)nn(-c4ccc5c(c4)CCC(=O)N5C)c3n2)C1. The molecular formula is C23H26BrN7O2. The van der Waals surface area contributed by atoms with Crippen LogP contribution in [0.3, 0.4) is 0 Å². The number of nitrogens with zero attached hydrogens (tertiary/aromatic N) is 5. The Labute approximate surface area is 200 Å². The average molecular weight is 512 g/mol. The maximum absolute atomic E-state index is 12.2. The van der Waals surface area contributed by atoms with Gasteiger partial charge in [-0.25, -0.2) is 9.67 Å². The molecule has 3 aromatic rings. The fourth-order valence-corrected chi connectivity index (χ4v) is 5.39. The van der Waals surface area contributed by atoms with Crippen LogP contribution in [0.1, 0.15) is 38.2 Å². The van der Waals surface area contributed by atoms with Crippen LogP contribution in [0.4, 0.5) is 11.6 Å². The van der Waals surface area contributed by atoms with Crippen molar-refractivity contribution in [2.75, 3.05) is 24.3 Å². The Morgan fingerprint density at radius 2 is 2.12 bits per heavy atom. The molecule has 33 heavy (non-hydrogen) atoms. The highest BCUT2D eigenvalue weighted by atomic mass is 79.9. The molecule has 2 aromatic heterocycles. The lowest BCUT2D eigenvalue weighted by Crippen LogP contribution is -2.35. The van der Waals surface area contributed by atoms with Gasteiger partial charge in [0.2, 0.25) is 17.8 Å². The van der Waals surface area contributed by atoms with Crippen LogP contribution in [0.5, 0.6) is 0 Å². The number of hydrogen-bond acceptors (Lipinski definition) is 6. The minimum atomic E-state index is -0.376. The number of carbonyl (C=O) groups is 2. The van der Waals surface area contributed by atoms with Gasteiger partial charge in [-0.05, 0) is 65.4 Å². The molecule has 172 valence electrons. The summed E-state index contributed by atoms with van der Waals surface area (Å²) in [7, 11) is 3.49. The maximum atomic E-state index is 12.2. The summed E-state index contributed by atoms with van der Waals surface area (Å²) in [5.41, 5.74) is 3.24. The molecule has 2 aliphatic rings. The van der Waals surface area contributed by atoms with Gasteiger partial charge in [-0.1, -0.05) is 6.92 Å². The van der Waals surface area contributed by atoms with Gasteiger partial charge in [-0.15, -0.1) is 0 Å². The van der Waals surface area contributed by atoms with Gasteiger partial charge in [0.1, 0.15) is 4.60 Å². The van der Waals surface area contributed by atoms with E-state index in [0.717, 1.165) is 41.6 Å². The predicted octanol–water partition coefficient (Wildman–Crippen LogP) is 3.20. The van der Waals surface area contributed by atoms with Crippen molar-refractivity contribution in [1.29, 1.82) is 0 Å². The molecule has 5 rings (SSSR count). The summed E-state index contributed by atoms with van der Waals surface area (Å²) in [5, 5.41) is 11.6. The van der Waals surface area contributed by atoms with Crippen molar-refractivity contribution in [2.24, 2.45) is 5.41 Å². The highest BCUT2D eigenvalue weighted by Gasteiger charge is 2.41. The van der Waals surface area contributed by atoms with E-state index in [4.69, 9.17) is 4.98 Å². The fourth-order valence-electron chi connectivity index (χ4n) is 4.95. The third-order valence-corrected chi connectivity index (χ3v) is 7.47. The Kier molecular flexibility index (Phi) is 5.35. The second-order valence-electron chi connectivity index (χ2n) is 9.12. The van der Waals surface area contributed by atoms with Gasteiger partial charge >= 0.3 is 0 Å². The molecule has 0 spiro atoms. The maximum Gasteiger partial charge on any atom is 0.227 e. The number of hydrogen-bond donors (Lipinski definition) is 2. The van der Waals surface area contributed by atoms with Crippen molar-refractivity contribution >= 4 is 50.4 Å². The van der Waals surface area contributed by atoms with Gasteiger partial charge in [0.15, 0.2) is 5.65 Å². The Morgan fingerprint density at radius 1 is 1.30 bits per heavy atom. The molecule has 2 N–H and O–H groups in total. The number of aryl methyl sites for hydroxylation is 1. The lowest BCUT2D eigenvalue weighted by Gasteiger charge is -2.26. The second kappa shape index (κ2) is 8.09. The molecule has 1 aliphatic heterocycles. The Morgan fingerprint density at radius 3 is 2.91 bits per heavy atom. The second-order valence-corrected chi connectivity index (χ2v) is 9.87. The number of rotatable bonds is 4. The van der Waals surface area contributed by atoms with E-state index in [1.54, 1.807) is 22.8 Å². The minimum absolute atomic E-state index is 0.0740. The number of halogens is 1. The smallest absolute Gasteiger partial charge is 0.227 e. The Hall–Kier alpha value is -3.01. The normalized spacial score (nSPS) is 22.5. The zero-order chi connectivity index (χ0) is 23.3. The largest absolute Gasteiger partial charge is 0.359 e. The summed E-state index contributed by atoms with van der Waals surface area (Å²) < 4.78 is 2.47. The van der Waals surface area contributed by atoms with Gasteiger partial charge in [0, 0.05) is 43.9 Å². The number of carbonyl (C=O) groups excluding carboxylic acids is 2. The first-order chi connectivity index (χ1) is 15.8. The standard InChI is InChI=1S/C23H26BrN7O2/c1-23(21(33)25-2)9-8-14(11-23)27-22-26-12-16-19(24)29-31(20(16)28-22)15-5-6-17-13(10-15)4-7-18(32)30(17)3/h5-6,10,12,14H,4,7-9,11H2,1-3H3,(H,25,33)(H,26,27,28)/t14-,23-/m1/s1. The molecule has 2 atom stereocenters. The lowest BCUT2D eigenvalue weighted by atomic mass is 9.87. The van der Waals surface area contributed by atoms with Crippen LogP contribution < -0.4 is 15.5 Å². The predicted molar refractivity (Wildman–Crippen MR) is 130 cm³/mol. The van der Waals surface area contributed by atoms with Crippen molar-refractivity contribution in [3.05, 3.63) is 34.6 Å². The quantitative estimate of drug-likeness (QED) is 0.557. The lowest BCUT2D eigenvalue weighted by molar-refractivity contribution is -0.129. The van der Waals surface area contributed by atoms with Crippen molar-refractivity contribution in [3.63, 3.8) is 0 Å². The summed E-state index contributed by atoms with van der Waals surface area (Å²) in [6, 6.07) is 6.11. The molecule has 3 heterocycles. The number of anilines is 2. The molecule has 1 fully saturated rings. The van der Waals surface area contributed by atoms with Crippen molar-refractivity contribution in [3.8, 4) is 5.69 Å². The molecule has 0 unspecified atom stereocenters. The first-order valence-corrected chi connectivity index (χ1v) is 11.9. The fraction of sp³-hybridized carbons (Fsp3) is 0.435. The molecule has 10 heteroatoms. The van der Waals surface area contributed by atoms with Crippen LogP contribution in [0, 0.1) is 5.41 Å². The van der Waals surface area contributed by atoms with E-state index in [-0.39, 0.29) is 23.3 Å². The molecule has 1 aliphatic carbocycles. The number of amides is 2. The molecule has 0 bridgehead atoms. The summed E-state index contributed by atoms with van der Waals surface area (Å²) in [5.74, 6) is 0.723. The summed E-state index contributed by atoms with van der Waals surface area (Å²) >= 11 is 3.53. The molecule has 1 aromatic carbocycles. The number of aromatic nitrogens is 4. The van der Waals surface area contributed by atoms with Crippen molar-refractivity contribution in [1.82, 2.24) is 25.1 Å². The van der Waals surface area contributed by atoms with Crippen LogP contribution in [0.25, 0.3) is 16.7 Å². The first-order valence-electron chi connectivity index (χ1n) is 11.1. The third kappa shape index (κ3) is 3.76. The van der Waals surface area contributed by atoms with Crippen LogP contribution in [-0.4, -0.2) is 51.7 Å². The zero-order valence-corrected chi connectivity index (χ0v) is 20.4. The van der Waals surface area contributed by atoms with Crippen LogP contribution in [-0.2, 0) is 16.0 Å².